The summed E-state index contributed by atoms with van der Waals surface area (Å²) in [6, 6.07) is 0. The first kappa shape index (κ1) is 15.4. The van der Waals surface area contributed by atoms with Crippen LogP contribution in [0.25, 0.3) is 0 Å². The van der Waals surface area contributed by atoms with Crippen molar-refractivity contribution in [2.75, 3.05) is 13.6 Å². The fraction of sp³-hybridized carbons (Fsp3) is 0.833. The van der Waals surface area contributed by atoms with Crippen molar-refractivity contribution in [2.45, 2.75) is 41.0 Å². The van der Waals surface area contributed by atoms with E-state index in [9.17, 15) is 4.79 Å². The second kappa shape index (κ2) is 5.13. The molecular weight excluding hydrogens is 220 g/mol. The normalized spacial score (nSPS) is 15.4. The Labute approximate surface area is 104 Å². The first-order valence-corrected chi connectivity index (χ1v) is 6.01. The summed E-state index contributed by atoms with van der Waals surface area (Å²) in [6.07, 6.45) is 0.635. The predicted molar refractivity (Wildman–Crippen MR) is 72.3 cm³/mol. The lowest BCUT2D eigenvalue weighted by molar-refractivity contribution is -0.137. The summed E-state index contributed by atoms with van der Waals surface area (Å²) in [5.41, 5.74) is 5.03. The molecule has 0 aromatic rings. The van der Waals surface area contributed by atoms with Crippen molar-refractivity contribution in [3.05, 3.63) is 0 Å². The first-order valence-electron chi connectivity index (χ1n) is 5.60. The molecule has 0 aromatic heterocycles. The van der Waals surface area contributed by atoms with Gasteiger partial charge in [0.05, 0.1) is 10.4 Å². The van der Waals surface area contributed by atoms with Crippen LogP contribution in [0.1, 0.15) is 41.0 Å². The van der Waals surface area contributed by atoms with Crippen LogP contribution in [0.15, 0.2) is 0 Å². The third-order valence-corrected chi connectivity index (χ3v) is 3.23. The molecule has 2 N–H and O–H groups in total. The lowest BCUT2D eigenvalue weighted by atomic mass is 9.85. The number of nitrogens with zero attached hydrogens (tertiary/aromatic N) is 1. The number of amides is 1. The lowest BCUT2D eigenvalue weighted by Gasteiger charge is -2.34. The van der Waals surface area contributed by atoms with Gasteiger partial charge in [0.1, 0.15) is 0 Å². The molecule has 0 aliphatic carbocycles. The second-order valence-corrected chi connectivity index (χ2v) is 6.21. The number of carbonyl (C=O) groups excluding carboxylic acids is 1. The van der Waals surface area contributed by atoms with E-state index in [0.717, 1.165) is 0 Å². The van der Waals surface area contributed by atoms with Crippen LogP contribution in [0, 0.1) is 10.8 Å². The van der Waals surface area contributed by atoms with Crippen LogP contribution in [0.2, 0.25) is 0 Å². The van der Waals surface area contributed by atoms with E-state index in [1.165, 1.54) is 0 Å². The first-order chi connectivity index (χ1) is 7.04. The van der Waals surface area contributed by atoms with Crippen LogP contribution in [0.5, 0.6) is 0 Å². The van der Waals surface area contributed by atoms with E-state index < -0.39 is 5.41 Å². The fourth-order valence-electron chi connectivity index (χ4n) is 1.64. The van der Waals surface area contributed by atoms with Crippen molar-refractivity contribution in [1.82, 2.24) is 4.90 Å². The number of thiocarbonyl (C=S) groups is 1. The average molecular weight is 244 g/mol. The molecule has 0 saturated carbocycles. The third kappa shape index (κ3) is 3.74. The summed E-state index contributed by atoms with van der Waals surface area (Å²) in [7, 11) is 1.81. The van der Waals surface area contributed by atoms with Gasteiger partial charge in [-0.05, 0) is 18.8 Å². The van der Waals surface area contributed by atoms with Gasteiger partial charge in [-0.2, -0.15) is 0 Å². The summed E-state index contributed by atoms with van der Waals surface area (Å²) < 4.78 is 0. The van der Waals surface area contributed by atoms with E-state index in [4.69, 9.17) is 18.0 Å². The summed E-state index contributed by atoms with van der Waals surface area (Å²) in [4.78, 5) is 14.3. The molecule has 0 heterocycles. The molecule has 0 aliphatic heterocycles. The molecule has 94 valence electrons. The highest BCUT2D eigenvalue weighted by atomic mass is 32.1. The molecule has 1 unspecified atom stereocenters. The Morgan fingerprint density at radius 1 is 1.31 bits per heavy atom. The standard InChI is InChI=1S/C12H24N2OS/c1-7-12(5,9(13)16)10(15)14(6)8-11(2,3)4/h7-8H2,1-6H3,(H2,13,16). The Kier molecular flexibility index (Phi) is 4.92. The molecule has 3 nitrogen and oxygen atoms in total. The Morgan fingerprint density at radius 3 is 2.00 bits per heavy atom. The highest BCUT2D eigenvalue weighted by Gasteiger charge is 2.37. The summed E-state index contributed by atoms with van der Waals surface area (Å²) in [5, 5.41) is 0. The molecule has 1 atom stereocenters. The zero-order valence-electron chi connectivity index (χ0n) is 11.3. The SMILES string of the molecule is CCC(C)(C(=O)N(C)CC(C)(C)C)C(N)=S. The van der Waals surface area contributed by atoms with Gasteiger partial charge in [0.25, 0.3) is 0 Å². The van der Waals surface area contributed by atoms with Crippen LogP contribution in [0.4, 0.5) is 0 Å². The molecule has 0 radical (unpaired) electrons. The topological polar surface area (TPSA) is 46.3 Å². The number of hydrogen-bond acceptors (Lipinski definition) is 2. The van der Waals surface area contributed by atoms with E-state index in [-0.39, 0.29) is 16.3 Å². The van der Waals surface area contributed by atoms with Crippen molar-refractivity contribution in [1.29, 1.82) is 0 Å². The zero-order valence-corrected chi connectivity index (χ0v) is 12.1. The maximum Gasteiger partial charge on any atom is 0.235 e. The molecule has 1 amide bonds. The quantitative estimate of drug-likeness (QED) is 0.771. The van der Waals surface area contributed by atoms with Crippen LogP contribution < -0.4 is 5.73 Å². The van der Waals surface area contributed by atoms with E-state index in [0.29, 0.717) is 13.0 Å². The third-order valence-electron chi connectivity index (χ3n) is 2.78. The highest BCUT2D eigenvalue weighted by molar-refractivity contribution is 7.80. The van der Waals surface area contributed by atoms with Gasteiger partial charge < -0.3 is 10.6 Å². The van der Waals surface area contributed by atoms with E-state index >= 15 is 0 Å². The summed E-state index contributed by atoms with van der Waals surface area (Å²) >= 11 is 5.00. The van der Waals surface area contributed by atoms with Gasteiger partial charge in [0, 0.05) is 13.6 Å². The molecule has 4 heteroatoms. The number of rotatable bonds is 4. The average Bonchev–Trinajstić information content (AvgIpc) is 2.12. The minimum atomic E-state index is -0.713. The lowest BCUT2D eigenvalue weighted by Crippen LogP contribution is -2.49. The predicted octanol–water partition coefficient (Wildman–Crippen LogP) is 2.19. The van der Waals surface area contributed by atoms with E-state index in [1.54, 1.807) is 11.9 Å². The minimum Gasteiger partial charge on any atom is -0.392 e. The Balaban J connectivity index is 4.84. The smallest absolute Gasteiger partial charge is 0.235 e. The van der Waals surface area contributed by atoms with Gasteiger partial charge in [-0.3, -0.25) is 4.79 Å². The monoisotopic (exact) mass is 244 g/mol. The number of hydrogen-bond donors (Lipinski definition) is 1. The van der Waals surface area contributed by atoms with Crippen molar-refractivity contribution in [3.8, 4) is 0 Å². The van der Waals surface area contributed by atoms with Crippen molar-refractivity contribution in [2.24, 2.45) is 16.6 Å². The largest absolute Gasteiger partial charge is 0.392 e. The van der Waals surface area contributed by atoms with Crippen LogP contribution >= 0.6 is 12.2 Å². The summed E-state index contributed by atoms with van der Waals surface area (Å²) in [6.45, 7) is 10.7. The van der Waals surface area contributed by atoms with Crippen molar-refractivity contribution < 1.29 is 4.79 Å². The molecule has 0 rings (SSSR count). The Hall–Kier alpha value is -0.640. The maximum atomic E-state index is 12.3. The van der Waals surface area contributed by atoms with Gasteiger partial charge in [-0.15, -0.1) is 0 Å². The number of carbonyl (C=O) groups is 1. The summed E-state index contributed by atoms with van der Waals surface area (Å²) in [5.74, 6) is 0.0115. The zero-order chi connectivity index (χ0) is 13.1. The van der Waals surface area contributed by atoms with Crippen molar-refractivity contribution >= 4 is 23.1 Å². The Bertz CT molecular complexity index is 283. The molecule has 0 saturated heterocycles. The van der Waals surface area contributed by atoms with Crippen molar-refractivity contribution in [3.63, 3.8) is 0 Å². The molecule has 16 heavy (non-hydrogen) atoms. The molecular formula is C12H24N2OS. The molecule has 0 spiro atoms. The van der Waals surface area contributed by atoms with Crippen LogP contribution in [0.3, 0.4) is 0 Å². The molecule has 0 aromatic carbocycles. The number of nitrogens with two attached hydrogens (primary N) is 1. The minimum absolute atomic E-state index is 0.0115. The van der Waals surface area contributed by atoms with Gasteiger partial charge in [0.2, 0.25) is 5.91 Å². The molecule has 0 bridgehead atoms. The van der Waals surface area contributed by atoms with E-state index in [2.05, 4.69) is 20.8 Å². The van der Waals surface area contributed by atoms with Gasteiger partial charge in [-0.25, -0.2) is 0 Å². The van der Waals surface area contributed by atoms with Crippen LogP contribution in [-0.2, 0) is 4.79 Å². The van der Waals surface area contributed by atoms with Gasteiger partial charge in [0.15, 0.2) is 0 Å². The Morgan fingerprint density at radius 2 is 1.75 bits per heavy atom. The fourth-order valence-corrected chi connectivity index (χ4v) is 1.87. The highest BCUT2D eigenvalue weighted by Crippen LogP contribution is 2.26. The molecule has 0 fully saturated rings. The second-order valence-electron chi connectivity index (χ2n) is 5.77. The van der Waals surface area contributed by atoms with Gasteiger partial charge in [-0.1, -0.05) is 39.9 Å². The maximum absolute atomic E-state index is 12.3. The molecule has 0 aliphatic rings. The van der Waals surface area contributed by atoms with Crippen LogP contribution in [-0.4, -0.2) is 29.4 Å². The van der Waals surface area contributed by atoms with E-state index in [1.807, 2.05) is 13.8 Å². The van der Waals surface area contributed by atoms with Gasteiger partial charge >= 0.3 is 0 Å².